The summed E-state index contributed by atoms with van der Waals surface area (Å²) in [5.41, 5.74) is 2.41. The topological polar surface area (TPSA) is 18.5 Å². The third kappa shape index (κ3) is 3.28. The quantitative estimate of drug-likeness (QED) is 0.773. The molecule has 2 aromatic rings. The van der Waals surface area contributed by atoms with Crippen molar-refractivity contribution in [3.63, 3.8) is 0 Å². The molecule has 0 aliphatic rings. The van der Waals surface area contributed by atoms with Crippen LogP contribution in [-0.4, -0.2) is 7.11 Å². The van der Waals surface area contributed by atoms with Gasteiger partial charge in [-0.15, -0.1) is 0 Å². The van der Waals surface area contributed by atoms with E-state index in [0.29, 0.717) is 5.92 Å². The molecule has 2 heteroatoms. The zero-order valence-corrected chi connectivity index (χ0v) is 11.9. The van der Waals surface area contributed by atoms with Gasteiger partial charge in [0.15, 0.2) is 0 Å². The van der Waals surface area contributed by atoms with Crippen LogP contribution in [0.15, 0.2) is 42.5 Å². The predicted molar refractivity (Wildman–Crippen MR) is 78.3 cm³/mol. The maximum Gasteiger partial charge on any atom is 0.131 e. The number of aryl methyl sites for hydroxylation is 1. The lowest BCUT2D eigenvalue weighted by atomic mass is 10.0. The molecule has 0 saturated heterocycles. The van der Waals surface area contributed by atoms with Crippen molar-refractivity contribution in [1.82, 2.24) is 0 Å². The Morgan fingerprint density at radius 1 is 0.947 bits per heavy atom. The Kier molecular flexibility index (Phi) is 4.10. The van der Waals surface area contributed by atoms with Crippen molar-refractivity contribution >= 4 is 0 Å². The standard InChI is InChI=1S/C17H20O2/c1-12(2)14-9-8-13(3)17(10-14)19-16-7-5-6-15(11-16)18-4/h5-12H,1-4H3. The fraction of sp³-hybridized carbons (Fsp3) is 0.294. The zero-order chi connectivity index (χ0) is 13.8. The van der Waals surface area contributed by atoms with Crippen LogP contribution in [0.25, 0.3) is 0 Å². The molecular formula is C17H20O2. The minimum absolute atomic E-state index is 0.494. The van der Waals surface area contributed by atoms with Gasteiger partial charge in [-0.25, -0.2) is 0 Å². The maximum atomic E-state index is 5.96. The normalized spacial score (nSPS) is 10.6. The van der Waals surface area contributed by atoms with E-state index < -0.39 is 0 Å². The number of rotatable bonds is 4. The van der Waals surface area contributed by atoms with Gasteiger partial charge in [-0.05, 0) is 42.2 Å². The van der Waals surface area contributed by atoms with E-state index in [4.69, 9.17) is 9.47 Å². The summed E-state index contributed by atoms with van der Waals surface area (Å²) < 4.78 is 11.2. The number of ether oxygens (including phenoxy) is 2. The van der Waals surface area contributed by atoms with E-state index in [1.54, 1.807) is 7.11 Å². The van der Waals surface area contributed by atoms with Gasteiger partial charge >= 0.3 is 0 Å². The van der Waals surface area contributed by atoms with Crippen molar-refractivity contribution < 1.29 is 9.47 Å². The molecule has 0 fully saturated rings. The molecular weight excluding hydrogens is 236 g/mol. The molecule has 0 aliphatic heterocycles. The van der Waals surface area contributed by atoms with Crippen LogP contribution in [-0.2, 0) is 0 Å². The smallest absolute Gasteiger partial charge is 0.131 e. The number of hydrogen-bond acceptors (Lipinski definition) is 2. The second-order valence-corrected chi connectivity index (χ2v) is 4.96. The molecule has 0 saturated carbocycles. The summed E-state index contributed by atoms with van der Waals surface area (Å²) in [6.07, 6.45) is 0. The molecule has 2 aromatic carbocycles. The fourth-order valence-electron chi connectivity index (χ4n) is 1.88. The van der Waals surface area contributed by atoms with Crippen LogP contribution in [0, 0.1) is 6.92 Å². The van der Waals surface area contributed by atoms with Gasteiger partial charge in [0.25, 0.3) is 0 Å². The Labute approximate surface area is 115 Å². The highest BCUT2D eigenvalue weighted by Crippen LogP contribution is 2.30. The summed E-state index contributed by atoms with van der Waals surface area (Å²) in [6, 6.07) is 14.0. The maximum absolute atomic E-state index is 5.96. The predicted octanol–water partition coefficient (Wildman–Crippen LogP) is 4.92. The highest BCUT2D eigenvalue weighted by atomic mass is 16.5. The van der Waals surface area contributed by atoms with E-state index in [2.05, 4.69) is 39.0 Å². The second-order valence-electron chi connectivity index (χ2n) is 4.96. The average Bonchev–Trinajstić information content (AvgIpc) is 2.41. The third-order valence-electron chi connectivity index (χ3n) is 3.15. The van der Waals surface area contributed by atoms with Crippen molar-refractivity contribution in [2.45, 2.75) is 26.7 Å². The van der Waals surface area contributed by atoms with Crippen LogP contribution >= 0.6 is 0 Å². The molecule has 0 radical (unpaired) electrons. The Morgan fingerprint density at radius 3 is 2.37 bits per heavy atom. The van der Waals surface area contributed by atoms with Gasteiger partial charge in [-0.3, -0.25) is 0 Å². The highest BCUT2D eigenvalue weighted by molar-refractivity contribution is 5.42. The van der Waals surface area contributed by atoms with Crippen LogP contribution < -0.4 is 9.47 Å². The van der Waals surface area contributed by atoms with Crippen LogP contribution in [0.4, 0.5) is 0 Å². The van der Waals surface area contributed by atoms with Crippen molar-refractivity contribution in [3.05, 3.63) is 53.6 Å². The lowest BCUT2D eigenvalue weighted by molar-refractivity contribution is 0.408. The van der Waals surface area contributed by atoms with E-state index >= 15 is 0 Å². The summed E-state index contributed by atoms with van der Waals surface area (Å²) in [7, 11) is 1.66. The first kappa shape index (κ1) is 13.5. The van der Waals surface area contributed by atoms with Crippen molar-refractivity contribution in [2.24, 2.45) is 0 Å². The van der Waals surface area contributed by atoms with Crippen LogP contribution in [0.1, 0.15) is 30.9 Å². The first-order valence-corrected chi connectivity index (χ1v) is 6.52. The van der Waals surface area contributed by atoms with Crippen molar-refractivity contribution in [3.8, 4) is 17.2 Å². The Morgan fingerprint density at radius 2 is 1.68 bits per heavy atom. The molecule has 0 heterocycles. The molecule has 0 amide bonds. The van der Waals surface area contributed by atoms with Gasteiger partial charge in [0, 0.05) is 6.07 Å². The van der Waals surface area contributed by atoms with Gasteiger partial charge < -0.3 is 9.47 Å². The number of methoxy groups -OCH3 is 1. The summed E-state index contributed by atoms with van der Waals surface area (Å²) in [6.45, 7) is 6.42. The van der Waals surface area contributed by atoms with Gasteiger partial charge in [-0.1, -0.05) is 32.0 Å². The van der Waals surface area contributed by atoms with Crippen LogP contribution in [0.5, 0.6) is 17.2 Å². The second kappa shape index (κ2) is 5.79. The molecule has 0 bridgehead atoms. The molecule has 0 aromatic heterocycles. The van der Waals surface area contributed by atoms with Crippen molar-refractivity contribution in [2.75, 3.05) is 7.11 Å². The monoisotopic (exact) mass is 256 g/mol. The van der Waals surface area contributed by atoms with E-state index in [9.17, 15) is 0 Å². The molecule has 2 nitrogen and oxygen atoms in total. The molecule has 0 atom stereocenters. The van der Waals surface area contributed by atoms with Gasteiger partial charge in [0.1, 0.15) is 17.2 Å². The lowest BCUT2D eigenvalue weighted by Gasteiger charge is -2.13. The van der Waals surface area contributed by atoms with Crippen LogP contribution in [0.2, 0.25) is 0 Å². The van der Waals surface area contributed by atoms with E-state index in [1.807, 2.05) is 24.3 Å². The van der Waals surface area contributed by atoms with Gasteiger partial charge in [0.2, 0.25) is 0 Å². The van der Waals surface area contributed by atoms with Crippen LogP contribution in [0.3, 0.4) is 0 Å². The fourth-order valence-corrected chi connectivity index (χ4v) is 1.88. The Bertz CT molecular complexity index is 559. The molecule has 0 N–H and O–H groups in total. The third-order valence-corrected chi connectivity index (χ3v) is 3.15. The average molecular weight is 256 g/mol. The molecule has 2 rings (SSSR count). The first-order chi connectivity index (χ1) is 9.10. The Balaban J connectivity index is 2.29. The molecule has 19 heavy (non-hydrogen) atoms. The van der Waals surface area contributed by atoms with E-state index in [0.717, 1.165) is 22.8 Å². The summed E-state index contributed by atoms with van der Waals surface area (Å²) in [5.74, 6) is 2.99. The van der Waals surface area contributed by atoms with Gasteiger partial charge in [-0.2, -0.15) is 0 Å². The molecule has 0 aliphatic carbocycles. The van der Waals surface area contributed by atoms with Crippen molar-refractivity contribution in [1.29, 1.82) is 0 Å². The molecule has 0 spiro atoms. The lowest BCUT2D eigenvalue weighted by Crippen LogP contribution is -1.93. The minimum Gasteiger partial charge on any atom is -0.497 e. The number of benzene rings is 2. The number of hydrogen-bond donors (Lipinski definition) is 0. The van der Waals surface area contributed by atoms with Gasteiger partial charge in [0.05, 0.1) is 7.11 Å². The summed E-state index contributed by atoms with van der Waals surface area (Å²) in [5, 5.41) is 0. The SMILES string of the molecule is COc1cccc(Oc2cc(C(C)C)ccc2C)c1. The Hall–Kier alpha value is -1.96. The molecule has 0 unspecified atom stereocenters. The zero-order valence-electron chi connectivity index (χ0n) is 11.9. The summed E-state index contributed by atoms with van der Waals surface area (Å²) in [4.78, 5) is 0. The first-order valence-electron chi connectivity index (χ1n) is 6.52. The summed E-state index contributed by atoms with van der Waals surface area (Å²) >= 11 is 0. The molecule has 100 valence electrons. The highest BCUT2D eigenvalue weighted by Gasteiger charge is 2.06. The largest absolute Gasteiger partial charge is 0.497 e. The minimum atomic E-state index is 0.494. The van der Waals surface area contributed by atoms with E-state index in [-0.39, 0.29) is 0 Å². The van der Waals surface area contributed by atoms with E-state index in [1.165, 1.54) is 5.56 Å².